The van der Waals surface area contributed by atoms with Gasteiger partial charge in [0.2, 0.25) is 5.91 Å². The van der Waals surface area contributed by atoms with Gasteiger partial charge in [-0.15, -0.1) is 0 Å². The highest BCUT2D eigenvalue weighted by atomic mass is 28.4. The Labute approximate surface area is 341 Å². The lowest BCUT2D eigenvalue weighted by molar-refractivity contribution is -0.151. The number of ether oxygens (including phenoxy) is 1. The number of anilines is 3. The van der Waals surface area contributed by atoms with Crippen molar-refractivity contribution in [1.82, 2.24) is 10.2 Å². The molecule has 12 heteroatoms. The third-order valence-electron chi connectivity index (χ3n) is 13.7. The van der Waals surface area contributed by atoms with Crippen molar-refractivity contribution in [2.45, 2.75) is 87.6 Å². The summed E-state index contributed by atoms with van der Waals surface area (Å²) in [6.45, 7) is 8.03. The van der Waals surface area contributed by atoms with Crippen LogP contribution < -0.4 is 20.0 Å². The van der Waals surface area contributed by atoms with Gasteiger partial charge in [-0.25, -0.2) is 0 Å². The molecule has 4 aromatic carbocycles. The number of fused-ring (bicyclic) bond motifs is 3. The van der Waals surface area contributed by atoms with E-state index in [0.717, 1.165) is 35.5 Å². The van der Waals surface area contributed by atoms with Crippen molar-refractivity contribution < 1.29 is 29.0 Å². The quantitative estimate of drug-likeness (QED) is 0.205. The summed E-state index contributed by atoms with van der Waals surface area (Å²) in [5.74, 6) is -0.879. The lowest BCUT2D eigenvalue weighted by Gasteiger charge is -2.39. The summed E-state index contributed by atoms with van der Waals surface area (Å²) >= 11 is 0. The van der Waals surface area contributed by atoms with Crippen LogP contribution in [0, 0.1) is 5.92 Å². The molecule has 5 aliphatic heterocycles. The summed E-state index contributed by atoms with van der Waals surface area (Å²) in [6, 6.07) is 33.4. The third-order valence-corrected chi connectivity index (χ3v) is 16.2. The van der Waals surface area contributed by atoms with E-state index >= 15 is 4.79 Å². The Morgan fingerprint density at radius 1 is 0.879 bits per heavy atom. The number of rotatable bonds is 8. The average molecular weight is 800 g/mol. The minimum absolute atomic E-state index is 0.0319. The molecule has 2 spiro atoms. The Morgan fingerprint density at radius 2 is 1.55 bits per heavy atom. The second-order valence-electron chi connectivity index (χ2n) is 17.4. The summed E-state index contributed by atoms with van der Waals surface area (Å²) in [5, 5.41) is 13.9. The first-order chi connectivity index (χ1) is 28.0. The molecule has 58 heavy (non-hydrogen) atoms. The Morgan fingerprint density at radius 3 is 2.24 bits per heavy atom. The van der Waals surface area contributed by atoms with E-state index in [1.165, 1.54) is 0 Å². The fourth-order valence-electron chi connectivity index (χ4n) is 10.9. The van der Waals surface area contributed by atoms with Crippen molar-refractivity contribution in [1.29, 1.82) is 0 Å². The molecule has 11 nitrogen and oxygen atoms in total. The first-order valence-corrected chi connectivity index (χ1v) is 23.7. The number of nitrogens with one attached hydrogen (secondary N) is 1. The molecule has 9 rings (SSSR count). The molecule has 3 saturated heterocycles. The maximum Gasteiger partial charge on any atom is 0.264 e. The number of hydrogen-bond acceptors (Lipinski definition) is 8. The van der Waals surface area contributed by atoms with E-state index in [9.17, 15) is 19.5 Å². The largest absolute Gasteiger partial charge is 0.432 e. The van der Waals surface area contributed by atoms with Crippen LogP contribution in [-0.2, 0) is 44.2 Å². The number of hydrogen-bond donors (Lipinski definition) is 3. The molecular weight excluding hydrogens is 747 g/mol. The van der Waals surface area contributed by atoms with Crippen LogP contribution in [0.4, 0.5) is 17.1 Å². The first-order valence-electron chi connectivity index (χ1n) is 20.7. The predicted molar refractivity (Wildman–Crippen MR) is 226 cm³/mol. The minimum atomic E-state index is -3.11. The van der Waals surface area contributed by atoms with Crippen LogP contribution in [0.3, 0.4) is 0 Å². The SMILES string of the molecule is C[C@@H]1[C@@H]([Si](C)(C)O)[C@H](CC(=O)N2Cc3ccccc3C[C@H]2CO)O[C@@]12C(=O)N(Cc1ccccc1)c1ccc(N3CN(c4ccccc4)C4(CCNCC4)C3=O)cc12. The van der Waals surface area contributed by atoms with Crippen LogP contribution in [0.25, 0.3) is 0 Å². The normalized spacial score (nSPS) is 26.5. The number of nitrogens with zero attached hydrogens (tertiary/aromatic N) is 4. The van der Waals surface area contributed by atoms with Crippen LogP contribution in [0.5, 0.6) is 0 Å². The Hall–Kier alpha value is -4.85. The zero-order chi connectivity index (χ0) is 40.4. The summed E-state index contributed by atoms with van der Waals surface area (Å²) < 4.78 is 7.16. The van der Waals surface area contributed by atoms with Crippen LogP contribution in [-0.4, -0.2) is 84.9 Å². The maximum absolute atomic E-state index is 15.3. The number of aliphatic hydroxyl groups is 1. The van der Waals surface area contributed by atoms with Gasteiger partial charge in [-0.3, -0.25) is 19.3 Å². The molecule has 3 N–H and O–H groups in total. The van der Waals surface area contributed by atoms with E-state index in [2.05, 4.69) is 22.3 Å². The van der Waals surface area contributed by atoms with Crippen molar-refractivity contribution >= 4 is 43.1 Å². The van der Waals surface area contributed by atoms with E-state index in [4.69, 9.17) is 4.74 Å². The molecule has 0 aliphatic carbocycles. The molecule has 5 aliphatic rings. The van der Waals surface area contributed by atoms with E-state index in [0.29, 0.717) is 56.0 Å². The van der Waals surface area contributed by atoms with Crippen molar-refractivity contribution in [3.05, 3.63) is 125 Å². The number of aliphatic hydroxyl groups excluding tert-OH is 1. The van der Waals surface area contributed by atoms with Crippen molar-refractivity contribution in [3.8, 4) is 0 Å². The standard InChI is InChI=1S/C46H53N5O6Si/c1-31-42(58(2,3)56)40(26-41(53)48-28-34-15-11-10-14-33(34)24-37(48)29-52)57-46(31)38-25-36(18-19-39(38)49(44(46)55)27-32-12-6-4-7-13-32)50-30-51(35-16-8-5-9-17-35)45(43(50)54)20-22-47-23-21-45/h4-19,25,31,37,40,42,47,52,56H,20-24,26-30H2,1-3H3/t31-,37+,40+,42-,46+/m1/s1. The van der Waals surface area contributed by atoms with Crippen LogP contribution >= 0.6 is 0 Å². The molecule has 0 radical (unpaired) electrons. The van der Waals surface area contributed by atoms with Gasteiger partial charge < -0.3 is 34.7 Å². The molecule has 0 saturated carbocycles. The van der Waals surface area contributed by atoms with Crippen molar-refractivity contribution in [2.24, 2.45) is 5.92 Å². The molecule has 5 heterocycles. The molecule has 0 unspecified atom stereocenters. The lowest BCUT2D eigenvalue weighted by atomic mass is 9.82. The summed E-state index contributed by atoms with van der Waals surface area (Å²) in [4.78, 5) is 64.2. The molecule has 4 aromatic rings. The van der Waals surface area contributed by atoms with E-state index < -0.39 is 37.0 Å². The number of benzene rings is 4. The van der Waals surface area contributed by atoms with E-state index in [1.54, 1.807) is 9.80 Å². The topological polar surface area (TPSA) is 126 Å². The Balaban J connectivity index is 1.11. The second kappa shape index (κ2) is 14.8. The number of piperidine rings is 1. The van der Waals surface area contributed by atoms with Gasteiger partial charge in [0, 0.05) is 34.9 Å². The second-order valence-corrected chi connectivity index (χ2v) is 21.4. The van der Waals surface area contributed by atoms with Gasteiger partial charge in [-0.2, -0.15) is 0 Å². The number of para-hydroxylation sites is 1. The molecule has 5 atom stereocenters. The zero-order valence-electron chi connectivity index (χ0n) is 33.5. The lowest BCUT2D eigenvalue weighted by Crippen LogP contribution is -2.55. The van der Waals surface area contributed by atoms with Gasteiger partial charge >= 0.3 is 0 Å². The monoisotopic (exact) mass is 799 g/mol. The first kappa shape index (κ1) is 38.7. The zero-order valence-corrected chi connectivity index (χ0v) is 34.5. The Bertz CT molecular complexity index is 2210. The molecule has 0 aromatic heterocycles. The number of carbonyl (C=O) groups excluding carboxylic acids is 3. The predicted octanol–water partition coefficient (Wildman–Crippen LogP) is 5.30. The summed E-state index contributed by atoms with van der Waals surface area (Å²) in [5.41, 5.74) is 3.44. The van der Waals surface area contributed by atoms with Gasteiger partial charge in [0.1, 0.15) is 5.54 Å². The van der Waals surface area contributed by atoms with Gasteiger partial charge in [-0.1, -0.05) is 79.7 Å². The van der Waals surface area contributed by atoms with Crippen LogP contribution in [0.15, 0.2) is 103 Å². The van der Waals surface area contributed by atoms with Gasteiger partial charge in [-0.05, 0) is 92.5 Å². The molecule has 3 fully saturated rings. The molecule has 0 bridgehead atoms. The number of carbonyl (C=O) groups is 3. The van der Waals surface area contributed by atoms with Gasteiger partial charge in [0.05, 0.1) is 44.1 Å². The molecular formula is C46H53N5O6Si. The van der Waals surface area contributed by atoms with Crippen LogP contribution in [0.2, 0.25) is 18.6 Å². The summed E-state index contributed by atoms with van der Waals surface area (Å²) in [7, 11) is -3.11. The minimum Gasteiger partial charge on any atom is -0.432 e. The summed E-state index contributed by atoms with van der Waals surface area (Å²) in [6.07, 6.45) is 1.08. The molecule has 3 amide bonds. The average Bonchev–Trinajstić information content (AvgIpc) is 3.78. The molecule has 302 valence electrons. The van der Waals surface area contributed by atoms with E-state index in [-0.39, 0.29) is 36.8 Å². The van der Waals surface area contributed by atoms with Gasteiger partial charge in [0.25, 0.3) is 11.8 Å². The maximum atomic E-state index is 15.3. The highest BCUT2D eigenvalue weighted by Crippen LogP contribution is 2.60. The van der Waals surface area contributed by atoms with Crippen LogP contribution in [0.1, 0.15) is 48.4 Å². The highest BCUT2D eigenvalue weighted by Gasteiger charge is 2.67. The fourth-order valence-corrected chi connectivity index (χ4v) is 13.4. The van der Waals surface area contributed by atoms with E-state index in [1.807, 2.05) is 116 Å². The van der Waals surface area contributed by atoms with Crippen molar-refractivity contribution in [2.75, 3.05) is 41.1 Å². The number of amides is 3. The smallest absolute Gasteiger partial charge is 0.264 e. The fraction of sp³-hybridized carbons (Fsp3) is 0.413. The van der Waals surface area contributed by atoms with Crippen molar-refractivity contribution in [3.63, 3.8) is 0 Å². The highest BCUT2D eigenvalue weighted by molar-refractivity contribution is 6.71. The van der Waals surface area contributed by atoms with Gasteiger partial charge in [0.15, 0.2) is 13.9 Å². The third kappa shape index (κ3) is 6.19. The Kier molecular flexibility index (Phi) is 9.83.